The highest BCUT2D eigenvalue weighted by Crippen LogP contribution is 2.41. The second kappa shape index (κ2) is 5.16. The van der Waals surface area contributed by atoms with Gasteiger partial charge in [-0.2, -0.15) is 0 Å². The molecule has 0 aliphatic heterocycles. The van der Waals surface area contributed by atoms with E-state index >= 15 is 0 Å². The summed E-state index contributed by atoms with van der Waals surface area (Å²) in [6.45, 7) is 3.09. The first-order chi connectivity index (χ1) is 5.59. The van der Waals surface area contributed by atoms with Gasteiger partial charge in [-0.3, -0.25) is 0 Å². The number of hydrogen-bond acceptors (Lipinski definition) is 1. The predicted molar refractivity (Wildman–Crippen MR) is 60.6 cm³/mol. The third-order valence-corrected chi connectivity index (χ3v) is 3.88. The van der Waals surface area contributed by atoms with E-state index in [1.165, 1.54) is 0 Å². The molecule has 0 fully saturated rings. The lowest BCUT2D eigenvalue weighted by Crippen LogP contribution is -2.39. The average Bonchev–Trinajstić information content (AvgIpc) is 1.83. The van der Waals surface area contributed by atoms with E-state index in [1.807, 2.05) is 0 Å². The van der Waals surface area contributed by atoms with Gasteiger partial charge in [0.05, 0.1) is 10.8 Å². The molecule has 0 aliphatic rings. The largest absolute Gasteiger partial charge is 0.307 e. The highest BCUT2D eigenvalue weighted by Gasteiger charge is 2.43. The molecule has 0 saturated heterocycles. The van der Waals surface area contributed by atoms with Crippen LogP contribution in [0.2, 0.25) is 0 Å². The van der Waals surface area contributed by atoms with Crippen molar-refractivity contribution in [2.24, 2.45) is 0 Å². The maximum atomic E-state index is 5.68. The molecule has 1 nitrogen and oxygen atoms in total. The van der Waals surface area contributed by atoms with Crippen molar-refractivity contribution in [3.8, 4) is 0 Å². The Balaban J connectivity index is 4.42. The molecule has 13 heavy (non-hydrogen) atoms. The third-order valence-electron chi connectivity index (χ3n) is 1.20. The summed E-state index contributed by atoms with van der Waals surface area (Å²) in [7, 11) is 0. The quantitative estimate of drug-likeness (QED) is 0.694. The smallest absolute Gasteiger partial charge is 0.236 e. The second-order valence-corrected chi connectivity index (χ2v) is 6.40. The fourth-order valence-corrected chi connectivity index (χ4v) is 1.08. The molecular formula is C6H8Cl6O. The minimum atomic E-state index is -1.67. The molecule has 0 spiro atoms. The van der Waals surface area contributed by atoms with E-state index in [1.54, 1.807) is 13.8 Å². The van der Waals surface area contributed by atoms with Crippen molar-refractivity contribution in [2.75, 3.05) is 0 Å². The first-order valence-corrected chi connectivity index (χ1v) is 5.72. The van der Waals surface area contributed by atoms with Crippen LogP contribution in [-0.4, -0.2) is 19.8 Å². The van der Waals surface area contributed by atoms with Crippen molar-refractivity contribution in [2.45, 2.75) is 33.6 Å². The van der Waals surface area contributed by atoms with E-state index in [2.05, 4.69) is 0 Å². The van der Waals surface area contributed by atoms with Crippen LogP contribution in [-0.2, 0) is 4.74 Å². The molecule has 0 rings (SSSR count). The average molecular weight is 309 g/mol. The zero-order chi connectivity index (χ0) is 10.9. The Kier molecular flexibility index (Phi) is 5.83. The fraction of sp³-hybridized carbons (Fsp3) is 1.00. The summed E-state index contributed by atoms with van der Waals surface area (Å²) >= 11 is 34.0. The Morgan fingerprint density at radius 3 is 1.23 bits per heavy atom. The number of ether oxygens (including phenoxy) is 1. The van der Waals surface area contributed by atoms with Gasteiger partial charge < -0.3 is 4.74 Å². The highest BCUT2D eigenvalue weighted by molar-refractivity contribution is 6.54. The molecule has 0 aromatic rings. The predicted octanol–water partition coefficient (Wildman–Crippen LogP) is 4.52. The minimum Gasteiger partial charge on any atom is -0.307 e. The summed E-state index contributed by atoms with van der Waals surface area (Å²) in [5.41, 5.74) is 0. The first kappa shape index (κ1) is 14.7. The highest BCUT2D eigenvalue weighted by atomic mass is 35.5. The van der Waals surface area contributed by atoms with Crippen molar-refractivity contribution >= 4 is 69.6 Å². The monoisotopic (exact) mass is 306 g/mol. The maximum Gasteiger partial charge on any atom is 0.236 e. The number of hydrogen-bond donors (Lipinski definition) is 0. The van der Waals surface area contributed by atoms with Gasteiger partial charge in [-0.1, -0.05) is 46.4 Å². The van der Waals surface area contributed by atoms with Gasteiger partial charge in [0, 0.05) is 0 Å². The van der Waals surface area contributed by atoms with Gasteiger partial charge in [-0.25, -0.2) is 0 Å². The van der Waals surface area contributed by atoms with Crippen LogP contribution in [0.3, 0.4) is 0 Å². The second-order valence-electron chi connectivity index (χ2n) is 2.46. The Morgan fingerprint density at radius 1 is 0.846 bits per heavy atom. The third kappa shape index (κ3) is 4.83. The van der Waals surface area contributed by atoms with E-state index in [0.29, 0.717) is 0 Å². The summed E-state index contributed by atoms with van der Waals surface area (Å²) in [4.78, 5) is 0. The molecule has 2 unspecified atom stereocenters. The van der Waals surface area contributed by atoms with Crippen LogP contribution in [0.1, 0.15) is 13.8 Å². The SMILES string of the molecule is CC(Cl)C(Cl)(Cl)OC(Cl)(Cl)C(C)Cl. The van der Waals surface area contributed by atoms with Crippen molar-refractivity contribution in [3.63, 3.8) is 0 Å². The van der Waals surface area contributed by atoms with E-state index in [0.717, 1.165) is 0 Å². The maximum absolute atomic E-state index is 5.68. The molecule has 0 heterocycles. The Hall–Kier alpha value is 1.70. The summed E-state index contributed by atoms with van der Waals surface area (Å²) in [6.07, 6.45) is 0. The number of rotatable bonds is 4. The summed E-state index contributed by atoms with van der Waals surface area (Å²) < 4.78 is 1.60. The van der Waals surface area contributed by atoms with Gasteiger partial charge in [-0.15, -0.1) is 23.2 Å². The normalized spacial score (nSPS) is 18.5. The molecule has 0 aromatic heterocycles. The lowest BCUT2D eigenvalue weighted by atomic mass is 10.4. The van der Waals surface area contributed by atoms with Crippen LogP contribution in [0.15, 0.2) is 0 Å². The topological polar surface area (TPSA) is 9.23 Å². The van der Waals surface area contributed by atoms with Gasteiger partial charge >= 0.3 is 0 Å². The molecule has 0 radical (unpaired) electrons. The molecule has 2 atom stereocenters. The Bertz CT molecular complexity index is 149. The van der Waals surface area contributed by atoms with Gasteiger partial charge in [-0.05, 0) is 13.8 Å². The number of halogens is 6. The molecule has 0 saturated carbocycles. The molecule has 0 amide bonds. The van der Waals surface area contributed by atoms with Crippen LogP contribution < -0.4 is 0 Å². The Morgan fingerprint density at radius 2 is 1.08 bits per heavy atom. The molecule has 7 heteroatoms. The van der Waals surface area contributed by atoms with Gasteiger partial charge in [0.1, 0.15) is 0 Å². The summed E-state index contributed by atoms with van der Waals surface area (Å²) in [5.74, 6) is 0. The lowest BCUT2D eigenvalue weighted by molar-refractivity contribution is 0.0281. The van der Waals surface area contributed by atoms with Crippen molar-refractivity contribution in [1.29, 1.82) is 0 Å². The van der Waals surface area contributed by atoms with Crippen LogP contribution in [0, 0.1) is 0 Å². The van der Waals surface area contributed by atoms with Crippen molar-refractivity contribution in [3.05, 3.63) is 0 Å². The minimum absolute atomic E-state index is 0.678. The van der Waals surface area contributed by atoms with Crippen LogP contribution in [0.5, 0.6) is 0 Å². The molecule has 0 aliphatic carbocycles. The van der Waals surface area contributed by atoms with Gasteiger partial charge in [0.25, 0.3) is 0 Å². The molecule has 0 N–H and O–H groups in total. The fourth-order valence-electron chi connectivity index (χ4n) is 0.344. The van der Waals surface area contributed by atoms with E-state index in [-0.39, 0.29) is 0 Å². The van der Waals surface area contributed by atoms with Crippen LogP contribution in [0.25, 0.3) is 0 Å². The van der Waals surface area contributed by atoms with Crippen LogP contribution in [0.4, 0.5) is 0 Å². The molecule has 80 valence electrons. The lowest BCUT2D eigenvalue weighted by Gasteiger charge is -2.31. The number of alkyl halides is 6. The van der Waals surface area contributed by atoms with E-state index in [9.17, 15) is 0 Å². The first-order valence-electron chi connectivity index (χ1n) is 3.33. The van der Waals surface area contributed by atoms with Gasteiger partial charge in [0.15, 0.2) is 0 Å². The van der Waals surface area contributed by atoms with E-state index in [4.69, 9.17) is 74.3 Å². The Labute approximate surface area is 107 Å². The van der Waals surface area contributed by atoms with Crippen molar-refractivity contribution in [1.82, 2.24) is 0 Å². The summed E-state index contributed by atoms with van der Waals surface area (Å²) in [6, 6.07) is 0. The zero-order valence-electron chi connectivity index (χ0n) is 6.83. The molecule has 0 bridgehead atoms. The molecular weight excluding hydrogens is 301 g/mol. The summed E-state index contributed by atoms with van der Waals surface area (Å²) in [5, 5.41) is -1.36. The van der Waals surface area contributed by atoms with Crippen molar-refractivity contribution < 1.29 is 4.74 Å². The standard InChI is InChI=1S/C6H8Cl6O/c1-3(7)5(9,10)13-6(11,12)4(2)8/h3-4H,1-2H3. The van der Waals surface area contributed by atoms with Crippen LogP contribution >= 0.6 is 69.6 Å². The zero-order valence-corrected chi connectivity index (χ0v) is 11.4. The molecule has 0 aromatic carbocycles. The van der Waals surface area contributed by atoms with E-state index < -0.39 is 19.8 Å². The van der Waals surface area contributed by atoms with Gasteiger partial charge in [0.2, 0.25) is 9.04 Å².